The Morgan fingerprint density at radius 3 is 2.37 bits per heavy atom. The van der Waals surface area contributed by atoms with Crippen molar-refractivity contribution in [3.8, 4) is 11.8 Å². The number of hydrogen-bond donors (Lipinski definition) is 1. The van der Waals surface area contributed by atoms with Gasteiger partial charge in [-0.2, -0.15) is 14.7 Å². The fourth-order valence-corrected chi connectivity index (χ4v) is 5.12. The first kappa shape index (κ1) is 47.0. The third-order valence-corrected chi connectivity index (χ3v) is 7.89. The van der Waals surface area contributed by atoms with Crippen LogP contribution >= 0.6 is 12.0 Å². The average Bonchev–Trinajstić information content (AvgIpc) is 3.24. The summed E-state index contributed by atoms with van der Waals surface area (Å²) in [5.74, 6) is -1.19. The molecule has 0 aliphatic carbocycles. The van der Waals surface area contributed by atoms with Crippen LogP contribution in [0.25, 0.3) is 5.69 Å². The minimum Gasteiger partial charge on any atom is -0.748 e. The number of carbonyl (C=O) groups is 1. The van der Waals surface area contributed by atoms with Gasteiger partial charge in [-0.05, 0) is 49.7 Å². The number of nitrogens with zero attached hydrogens (tertiary/aromatic N) is 6. The number of amides is 1. The first-order valence-electron chi connectivity index (χ1n) is 11.9. The number of azo groups is 1. The van der Waals surface area contributed by atoms with Crippen molar-refractivity contribution in [2.75, 3.05) is 29.6 Å². The fraction of sp³-hybridized carbons (Fsp3) is 0.261. The van der Waals surface area contributed by atoms with E-state index in [1.807, 2.05) is 6.07 Å². The molecule has 0 aliphatic rings. The minimum absolute atomic E-state index is 0. The summed E-state index contributed by atoms with van der Waals surface area (Å²) in [4.78, 5) is 13.0. The van der Waals surface area contributed by atoms with Crippen LogP contribution in [0.1, 0.15) is 24.6 Å². The molecule has 0 saturated heterocycles. The Bertz CT molecular complexity index is 1820. The molecule has 1 aromatic heterocycles. The van der Waals surface area contributed by atoms with Gasteiger partial charge in [0, 0.05) is 32.0 Å². The summed E-state index contributed by atoms with van der Waals surface area (Å²) < 4.78 is 73.2. The van der Waals surface area contributed by atoms with Crippen molar-refractivity contribution in [2.24, 2.45) is 10.2 Å². The summed E-state index contributed by atoms with van der Waals surface area (Å²) in [6, 6.07) is 9.61. The normalized spacial score (nSPS) is 11.2. The zero-order valence-corrected chi connectivity index (χ0v) is 37.4. The smallest absolute Gasteiger partial charge is 0.748 e. The number of aryl methyl sites for hydroxylation is 1. The third-order valence-electron chi connectivity index (χ3n) is 5.62. The van der Waals surface area contributed by atoms with Crippen LogP contribution in [0.5, 0.6) is 0 Å². The predicted octanol–water partition coefficient (Wildman–Crippen LogP) is -7.06. The molecule has 0 atom stereocenters. The van der Waals surface area contributed by atoms with Gasteiger partial charge in [-0.15, -0.1) is 10.2 Å². The molecular weight excluding hydrogens is 748 g/mol. The van der Waals surface area contributed by atoms with Crippen LogP contribution in [0.3, 0.4) is 0 Å². The molecule has 230 valence electrons. The molecule has 0 unspecified atom stereocenters. The molecule has 1 N–H and O–H groups in total. The zero-order valence-electron chi connectivity index (χ0n) is 25.6. The largest absolute Gasteiger partial charge is 1.00 e. The standard InChI is InChI=1S/C23H25N7O10S3.3K/c1-14-18(13-24)23(30(28-14)21-12-17(43(36,37)38)6-8-22(21)41-40-39-32)27-26-19-7-5-16(11-20(19)25-15(2)31)29(3)9-4-10-42(33,34)35;;;/h5-8,11-12,32H,4,9-10H2,1-3H3,(H,25,31)(H,33,34,35)(H,36,37,38);;;/q;3*+1/p-3. The first-order chi connectivity index (χ1) is 20.1. The van der Waals surface area contributed by atoms with Gasteiger partial charge >= 0.3 is 154 Å². The van der Waals surface area contributed by atoms with Gasteiger partial charge < -0.3 is 24.6 Å². The van der Waals surface area contributed by atoms with Gasteiger partial charge in [0.1, 0.15) is 27.4 Å². The van der Waals surface area contributed by atoms with E-state index in [9.17, 15) is 41.3 Å². The Kier molecular flexibility index (Phi) is 21.8. The van der Waals surface area contributed by atoms with Crippen LogP contribution in [0, 0.1) is 18.3 Å². The van der Waals surface area contributed by atoms with Crippen LogP contribution in [-0.4, -0.2) is 61.0 Å². The van der Waals surface area contributed by atoms with Gasteiger partial charge in [0.15, 0.2) is 5.82 Å². The van der Waals surface area contributed by atoms with Gasteiger partial charge in [0.2, 0.25) is 5.91 Å². The van der Waals surface area contributed by atoms with E-state index in [0.717, 1.165) is 22.9 Å². The molecule has 17 nitrogen and oxygen atoms in total. The number of nitriles is 1. The Morgan fingerprint density at radius 1 is 1.13 bits per heavy atom. The second-order valence-electron chi connectivity index (χ2n) is 8.73. The summed E-state index contributed by atoms with van der Waals surface area (Å²) in [5, 5.41) is 38.7. The molecular formula is C23H22K3N7O10S3. The summed E-state index contributed by atoms with van der Waals surface area (Å²) in [5.41, 5.74) is 0.830. The Morgan fingerprint density at radius 2 is 1.80 bits per heavy atom. The van der Waals surface area contributed by atoms with E-state index in [0.29, 0.717) is 17.7 Å². The van der Waals surface area contributed by atoms with Crippen molar-refractivity contribution in [1.82, 2.24) is 9.78 Å². The second kappa shape index (κ2) is 21.4. The number of aromatic nitrogens is 2. The molecule has 1 heterocycles. The topological polar surface area (TPSA) is 255 Å². The van der Waals surface area contributed by atoms with Crippen LogP contribution in [0.4, 0.5) is 22.9 Å². The molecule has 0 saturated carbocycles. The molecule has 0 fully saturated rings. The van der Waals surface area contributed by atoms with E-state index in [4.69, 9.17) is 0 Å². The van der Waals surface area contributed by atoms with Crippen molar-refractivity contribution in [3.63, 3.8) is 0 Å². The minimum atomic E-state index is -4.93. The molecule has 46 heavy (non-hydrogen) atoms. The fourth-order valence-electron chi connectivity index (χ4n) is 3.69. The predicted molar refractivity (Wildman–Crippen MR) is 146 cm³/mol. The summed E-state index contributed by atoms with van der Waals surface area (Å²) in [6.07, 6.45) is 0.0701. The van der Waals surface area contributed by atoms with Crippen LogP contribution in [-0.2, 0) is 34.4 Å². The van der Waals surface area contributed by atoms with E-state index in [2.05, 4.69) is 30.0 Å². The van der Waals surface area contributed by atoms with Gasteiger partial charge in [-0.3, -0.25) is 9.83 Å². The SMILES string of the molecule is CC(=O)Nc1cc(N(C)CCCS(=O)(=O)[O-])ccc1N=Nc1c(C#N)c(C)nn1-c1cc(S(=O)(=O)[O-])ccc1SOO[O-].[K+].[K+].[K+]. The van der Waals surface area contributed by atoms with Gasteiger partial charge in [-0.25, -0.2) is 21.5 Å². The second-order valence-corrected chi connectivity index (χ2v) is 12.4. The van der Waals surface area contributed by atoms with Crippen LogP contribution < -0.4 is 170 Å². The zero-order chi connectivity index (χ0) is 31.9. The summed E-state index contributed by atoms with van der Waals surface area (Å²) in [7, 11) is -7.66. The van der Waals surface area contributed by atoms with Crippen LogP contribution in [0.15, 0.2) is 56.4 Å². The van der Waals surface area contributed by atoms with Gasteiger partial charge in [0.05, 0.1) is 49.0 Å². The number of benzene rings is 2. The van der Waals surface area contributed by atoms with Gasteiger partial charge in [0.25, 0.3) is 0 Å². The maximum atomic E-state index is 11.9. The number of rotatable bonds is 13. The number of hydrogen-bond acceptors (Lipinski definition) is 16. The van der Waals surface area contributed by atoms with E-state index < -0.39 is 36.8 Å². The molecule has 1 amide bonds. The van der Waals surface area contributed by atoms with E-state index in [1.165, 1.54) is 26.0 Å². The third kappa shape index (κ3) is 13.9. The molecule has 0 bridgehead atoms. The molecule has 23 heteroatoms. The maximum Gasteiger partial charge on any atom is 1.00 e. The van der Waals surface area contributed by atoms with Gasteiger partial charge in [-0.1, -0.05) is 0 Å². The molecule has 2 aromatic carbocycles. The van der Waals surface area contributed by atoms with Crippen LogP contribution in [0.2, 0.25) is 0 Å². The van der Waals surface area contributed by atoms with Crippen molar-refractivity contribution in [2.45, 2.75) is 30.1 Å². The maximum absolute atomic E-state index is 11.9. The van der Waals surface area contributed by atoms with E-state index in [-0.39, 0.29) is 206 Å². The first-order valence-corrected chi connectivity index (χ1v) is 15.6. The number of anilines is 2. The summed E-state index contributed by atoms with van der Waals surface area (Å²) in [6.45, 7) is 2.94. The Balaban J connectivity index is 0.00000675. The van der Waals surface area contributed by atoms with Crippen molar-refractivity contribution < 1.29 is 200 Å². The number of carbonyl (C=O) groups excluding carboxylic acids is 1. The quantitative estimate of drug-likeness (QED) is 0.0424. The van der Waals surface area contributed by atoms with Crippen molar-refractivity contribution in [3.05, 3.63) is 47.7 Å². The molecule has 3 rings (SSSR count). The molecule has 0 aliphatic heterocycles. The summed E-state index contributed by atoms with van der Waals surface area (Å²) >= 11 is 0.377. The molecule has 3 aromatic rings. The van der Waals surface area contributed by atoms with Crippen molar-refractivity contribution >= 4 is 61.1 Å². The number of nitrogens with one attached hydrogen (secondary N) is 1. The van der Waals surface area contributed by atoms with E-state index in [1.54, 1.807) is 18.0 Å². The average molecular weight is 770 g/mol. The monoisotopic (exact) mass is 769 g/mol. The Hall–Kier alpha value is 0.969. The van der Waals surface area contributed by atoms with E-state index >= 15 is 0 Å². The molecule has 0 radical (unpaired) electrons. The molecule has 0 spiro atoms. The van der Waals surface area contributed by atoms with Crippen molar-refractivity contribution in [1.29, 1.82) is 5.26 Å². The Labute approximate surface area is 397 Å².